The molecule has 0 spiro atoms. The van der Waals surface area contributed by atoms with E-state index in [9.17, 15) is 17.6 Å². The maximum absolute atomic E-state index is 14.9. The molecule has 2 aromatic rings. The average molecular weight is 600 g/mol. The van der Waals surface area contributed by atoms with Gasteiger partial charge in [0.2, 0.25) is 10.0 Å². The lowest BCUT2D eigenvalue weighted by atomic mass is 9.93. The number of halogens is 3. The van der Waals surface area contributed by atoms with Gasteiger partial charge in [0.25, 0.3) is 5.91 Å². The minimum atomic E-state index is -3.80. The Hall–Kier alpha value is -1.91. The first-order valence-corrected chi connectivity index (χ1v) is 15.7. The molecule has 1 heterocycles. The zero-order valence-corrected chi connectivity index (χ0v) is 24.3. The molecular formula is C28H33Cl2FN2O5S. The van der Waals surface area contributed by atoms with Crippen LogP contribution in [0.25, 0.3) is 0 Å². The van der Waals surface area contributed by atoms with E-state index >= 15 is 0 Å². The van der Waals surface area contributed by atoms with Crippen molar-refractivity contribution in [3.8, 4) is 5.75 Å². The average Bonchev–Trinajstić information content (AvgIpc) is 3.82. The van der Waals surface area contributed by atoms with E-state index in [4.69, 9.17) is 32.7 Å². The minimum Gasteiger partial charge on any atom is -0.493 e. The second-order valence-corrected chi connectivity index (χ2v) is 13.6. The molecule has 5 rings (SSSR count). The van der Waals surface area contributed by atoms with Gasteiger partial charge in [-0.2, -0.15) is 0 Å². The number of amides is 1. The Kier molecular flexibility index (Phi) is 8.19. The van der Waals surface area contributed by atoms with Crippen molar-refractivity contribution in [2.45, 2.75) is 56.6 Å². The van der Waals surface area contributed by atoms with Gasteiger partial charge in [-0.25, -0.2) is 17.5 Å². The number of likely N-dealkylation sites (tertiary alicyclic amines) is 1. The highest BCUT2D eigenvalue weighted by Crippen LogP contribution is 2.54. The topological polar surface area (TPSA) is 84.9 Å². The Morgan fingerprint density at radius 3 is 2.33 bits per heavy atom. The molecule has 39 heavy (non-hydrogen) atoms. The predicted octanol–water partition coefficient (Wildman–Crippen LogP) is 5.49. The van der Waals surface area contributed by atoms with Crippen molar-refractivity contribution >= 4 is 39.1 Å². The normalized spacial score (nSPS) is 24.0. The molecule has 0 aromatic heterocycles. The summed E-state index contributed by atoms with van der Waals surface area (Å²) in [5.41, 5.74) is 1.31. The molecule has 3 aliphatic rings. The van der Waals surface area contributed by atoms with Crippen molar-refractivity contribution in [3.63, 3.8) is 0 Å². The maximum atomic E-state index is 14.9. The van der Waals surface area contributed by atoms with Crippen LogP contribution < -0.4 is 9.46 Å². The van der Waals surface area contributed by atoms with Crippen LogP contribution in [0.15, 0.2) is 30.3 Å². The minimum absolute atomic E-state index is 0.0759. The molecule has 2 saturated carbocycles. The molecule has 2 unspecified atom stereocenters. The van der Waals surface area contributed by atoms with Gasteiger partial charge >= 0.3 is 0 Å². The molecule has 212 valence electrons. The Balaban J connectivity index is 1.24. The van der Waals surface area contributed by atoms with Crippen LogP contribution in [0.2, 0.25) is 10.0 Å². The number of nitrogens with one attached hydrogen (secondary N) is 1. The Morgan fingerprint density at radius 2 is 1.77 bits per heavy atom. The Bertz CT molecular complexity index is 1340. The van der Waals surface area contributed by atoms with Gasteiger partial charge in [-0.05, 0) is 92.9 Å². The molecule has 0 bridgehead atoms. The first kappa shape index (κ1) is 28.6. The molecule has 7 nitrogen and oxygen atoms in total. The van der Waals surface area contributed by atoms with Gasteiger partial charge < -0.3 is 9.47 Å². The van der Waals surface area contributed by atoms with E-state index < -0.39 is 21.7 Å². The van der Waals surface area contributed by atoms with Crippen LogP contribution in [0.3, 0.4) is 0 Å². The van der Waals surface area contributed by atoms with Gasteiger partial charge in [0.1, 0.15) is 11.6 Å². The van der Waals surface area contributed by atoms with Crippen molar-refractivity contribution in [2.75, 3.05) is 32.6 Å². The smallest absolute Gasteiger partial charge is 0.267 e. The van der Waals surface area contributed by atoms with Crippen LogP contribution in [-0.4, -0.2) is 57.9 Å². The fourth-order valence-electron chi connectivity index (χ4n) is 5.68. The SMILES string of the molecule is CCS(=O)(=O)NC(=O)c1cc(C2CC2)c(OCC2CCN(C3(c4cc(Cl)cc(Cl)c4)CC3OC)CC2)cc1F. The van der Waals surface area contributed by atoms with Gasteiger partial charge in [0, 0.05) is 29.6 Å². The molecule has 1 N–H and O–H groups in total. The van der Waals surface area contributed by atoms with E-state index in [2.05, 4.69) is 4.90 Å². The summed E-state index contributed by atoms with van der Waals surface area (Å²) in [6, 6.07) is 8.35. The lowest BCUT2D eigenvalue weighted by molar-refractivity contribution is 0.0511. The number of rotatable bonds is 10. The molecule has 2 aromatic carbocycles. The molecular weight excluding hydrogens is 566 g/mol. The number of methoxy groups -OCH3 is 1. The van der Waals surface area contributed by atoms with Crippen LogP contribution in [0.5, 0.6) is 5.75 Å². The number of ether oxygens (including phenoxy) is 2. The number of carbonyl (C=O) groups excluding carboxylic acids is 1. The van der Waals surface area contributed by atoms with E-state index in [1.54, 1.807) is 13.2 Å². The molecule has 2 aliphatic carbocycles. The van der Waals surface area contributed by atoms with Crippen LogP contribution in [0, 0.1) is 11.7 Å². The summed E-state index contributed by atoms with van der Waals surface area (Å²) in [5, 5.41) is 1.22. The Morgan fingerprint density at radius 1 is 1.10 bits per heavy atom. The predicted molar refractivity (Wildman–Crippen MR) is 149 cm³/mol. The first-order chi connectivity index (χ1) is 18.6. The quantitative estimate of drug-likeness (QED) is 0.389. The third kappa shape index (κ3) is 6.07. The highest BCUT2D eigenvalue weighted by atomic mass is 35.5. The van der Waals surface area contributed by atoms with E-state index in [0.29, 0.717) is 22.4 Å². The number of nitrogens with zero attached hydrogens (tertiary/aromatic N) is 1. The van der Waals surface area contributed by atoms with Gasteiger partial charge in [-0.3, -0.25) is 9.69 Å². The third-order valence-corrected chi connectivity index (χ3v) is 9.85. The molecule has 3 fully saturated rings. The van der Waals surface area contributed by atoms with E-state index in [-0.39, 0.29) is 34.8 Å². The molecule has 0 radical (unpaired) electrons. The summed E-state index contributed by atoms with van der Waals surface area (Å²) in [5.74, 6) is -1.13. The number of benzene rings is 2. The summed E-state index contributed by atoms with van der Waals surface area (Å²) in [6.45, 7) is 3.56. The van der Waals surface area contributed by atoms with Crippen LogP contribution in [-0.2, 0) is 20.3 Å². The van der Waals surface area contributed by atoms with Gasteiger partial charge in [0.05, 0.1) is 29.6 Å². The first-order valence-electron chi connectivity index (χ1n) is 13.3. The van der Waals surface area contributed by atoms with Crippen LogP contribution >= 0.6 is 23.2 Å². The lowest BCUT2D eigenvalue weighted by Crippen LogP contribution is -2.44. The zero-order chi connectivity index (χ0) is 27.9. The number of piperidine rings is 1. The standard InChI is InChI=1S/C28H33Cl2FN2O5S/c1-3-39(35,36)32-27(34)23-13-22(18-4-5-18)25(14-24(23)31)38-16-17-6-8-33(9-7-17)28(15-26(28)37-2)19-10-20(29)12-21(30)11-19/h10-14,17-18,26H,3-9,15-16H2,1-2H3,(H,32,34). The molecule has 11 heteroatoms. The van der Waals surface area contributed by atoms with Crippen molar-refractivity contribution < 1.29 is 27.1 Å². The van der Waals surface area contributed by atoms with Crippen molar-refractivity contribution in [1.29, 1.82) is 0 Å². The zero-order valence-electron chi connectivity index (χ0n) is 22.0. The number of hydrogen-bond donors (Lipinski definition) is 1. The van der Waals surface area contributed by atoms with Crippen molar-refractivity contribution in [2.24, 2.45) is 5.92 Å². The largest absolute Gasteiger partial charge is 0.493 e. The lowest BCUT2D eigenvalue weighted by Gasteiger charge is -2.39. The van der Waals surface area contributed by atoms with Gasteiger partial charge in [-0.1, -0.05) is 23.2 Å². The van der Waals surface area contributed by atoms with Crippen molar-refractivity contribution in [1.82, 2.24) is 9.62 Å². The van der Waals surface area contributed by atoms with Crippen molar-refractivity contribution in [3.05, 3.63) is 62.9 Å². The van der Waals surface area contributed by atoms with Crippen LogP contribution in [0.4, 0.5) is 4.39 Å². The summed E-state index contributed by atoms with van der Waals surface area (Å²) in [4.78, 5) is 14.9. The van der Waals surface area contributed by atoms with E-state index in [1.807, 2.05) is 16.9 Å². The molecule has 2 atom stereocenters. The summed E-state index contributed by atoms with van der Waals surface area (Å²) < 4.78 is 52.3. The molecule has 1 amide bonds. The fourth-order valence-corrected chi connectivity index (χ4v) is 6.75. The second-order valence-electron chi connectivity index (χ2n) is 10.7. The van der Waals surface area contributed by atoms with Gasteiger partial charge in [-0.15, -0.1) is 0 Å². The monoisotopic (exact) mass is 598 g/mol. The Labute approximate surface area is 239 Å². The third-order valence-electron chi connectivity index (χ3n) is 8.16. The number of sulfonamides is 1. The summed E-state index contributed by atoms with van der Waals surface area (Å²) in [6.07, 6.45) is 4.61. The maximum Gasteiger partial charge on any atom is 0.267 e. The van der Waals surface area contributed by atoms with E-state index in [1.165, 1.54) is 19.1 Å². The van der Waals surface area contributed by atoms with Gasteiger partial charge in [0.15, 0.2) is 0 Å². The molecule has 1 aliphatic heterocycles. The van der Waals surface area contributed by atoms with E-state index in [0.717, 1.165) is 56.3 Å². The summed E-state index contributed by atoms with van der Waals surface area (Å²) in [7, 11) is -2.07. The highest BCUT2D eigenvalue weighted by molar-refractivity contribution is 7.90. The fraction of sp³-hybridized carbons (Fsp3) is 0.536. The number of carbonyl (C=O) groups is 1. The molecule has 1 saturated heterocycles. The highest BCUT2D eigenvalue weighted by Gasteiger charge is 2.60. The summed E-state index contributed by atoms with van der Waals surface area (Å²) >= 11 is 12.6. The second kappa shape index (κ2) is 11.2. The van der Waals surface area contributed by atoms with Crippen LogP contribution in [0.1, 0.15) is 66.4 Å². The number of hydrogen-bond acceptors (Lipinski definition) is 6.